The number of hydrogen-bond donors (Lipinski definition) is 2. The Hall–Kier alpha value is -1.75. The van der Waals surface area contributed by atoms with Gasteiger partial charge in [0.15, 0.2) is 11.5 Å². The highest BCUT2D eigenvalue weighted by Crippen LogP contribution is 2.28. The maximum Gasteiger partial charge on any atom is 0.319 e. The molecule has 17 heavy (non-hydrogen) atoms. The molecule has 2 N–H and O–H groups in total. The number of carbonyl (C=O) groups excluding carboxylic acids is 1. The number of aromatic hydroxyl groups is 1. The van der Waals surface area contributed by atoms with Crippen molar-refractivity contribution in [2.45, 2.75) is 13.5 Å². The molecule has 0 amide bonds. The van der Waals surface area contributed by atoms with Gasteiger partial charge in [0.2, 0.25) is 0 Å². The van der Waals surface area contributed by atoms with Crippen molar-refractivity contribution in [3.05, 3.63) is 23.8 Å². The van der Waals surface area contributed by atoms with Gasteiger partial charge >= 0.3 is 5.97 Å². The van der Waals surface area contributed by atoms with E-state index in [-0.39, 0.29) is 18.3 Å². The van der Waals surface area contributed by atoms with Crippen LogP contribution >= 0.6 is 0 Å². The average Bonchev–Trinajstić information content (AvgIpc) is 2.32. The number of esters is 1. The molecular formula is C12H17NO4. The number of phenolic OH excluding ortho intramolecular Hbond substituents is 1. The van der Waals surface area contributed by atoms with E-state index in [1.807, 2.05) is 0 Å². The minimum atomic E-state index is -0.310. The molecule has 0 atom stereocenters. The third-order valence-corrected chi connectivity index (χ3v) is 2.19. The number of nitrogens with one attached hydrogen (secondary N) is 1. The number of rotatable bonds is 6. The summed E-state index contributed by atoms with van der Waals surface area (Å²) in [7, 11) is 1.49. The lowest BCUT2D eigenvalue weighted by molar-refractivity contribution is -0.142. The van der Waals surface area contributed by atoms with Gasteiger partial charge in [-0.3, -0.25) is 4.79 Å². The van der Waals surface area contributed by atoms with Crippen LogP contribution in [0, 0.1) is 0 Å². The monoisotopic (exact) mass is 239 g/mol. The minimum Gasteiger partial charge on any atom is -0.504 e. The van der Waals surface area contributed by atoms with Crippen molar-refractivity contribution < 1.29 is 19.4 Å². The van der Waals surface area contributed by atoms with Crippen LogP contribution in [0.15, 0.2) is 18.2 Å². The molecule has 5 heteroatoms. The van der Waals surface area contributed by atoms with Gasteiger partial charge in [-0.2, -0.15) is 0 Å². The normalized spacial score (nSPS) is 10.0. The lowest BCUT2D eigenvalue weighted by atomic mass is 10.2. The van der Waals surface area contributed by atoms with Crippen LogP contribution < -0.4 is 10.1 Å². The molecule has 94 valence electrons. The predicted molar refractivity (Wildman–Crippen MR) is 63.0 cm³/mol. The number of benzene rings is 1. The molecule has 1 aromatic carbocycles. The molecular weight excluding hydrogens is 222 g/mol. The van der Waals surface area contributed by atoms with Crippen molar-refractivity contribution in [1.29, 1.82) is 0 Å². The van der Waals surface area contributed by atoms with Crippen LogP contribution in [0.5, 0.6) is 11.5 Å². The molecule has 0 saturated carbocycles. The van der Waals surface area contributed by atoms with Gasteiger partial charge in [-0.1, -0.05) is 12.1 Å². The Morgan fingerprint density at radius 2 is 2.24 bits per heavy atom. The highest BCUT2D eigenvalue weighted by molar-refractivity contribution is 5.71. The second-order valence-corrected chi connectivity index (χ2v) is 3.38. The summed E-state index contributed by atoms with van der Waals surface area (Å²) < 4.78 is 9.75. The van der Waals surface area contributed by atoms with Crippen LogP contribution in [0.4, 0.5) is 0 Å². The smallest absolute Gasteiger partial charge is 0.319 e. The number of ether oxygens (including phenoxy) is 2. The zero-order valence-electron chi connectivity index (χ0n) is 10.0. The van der Waals surface area contributed by atoms with E-state index >= 15 is 0 Å². The maximum absolute atomic E-state index is 11.1. The van der Waals surface area contributed by atoms with Crippen molar-refractivity contribution in [1.82, 2.24) is 5.32 Å². The van der Waals surface area contributed by atoms with Crippen molar-refractivity contribution in [3.63, 3.8) is 0 Å². The van der Waals surface area contributed by atoms with E-state index in [9.17, 15) is 9.90 Å². The Labute approximate surface area is 100 Å². The Bertz CT molecular complexity index is 379. The van der Waals surface area contributed by atoms with Crippen LogP contribution in [0.2, 0.25) is 0 Å². The van der Waals surface area contributed by atoms with Crippen molar-refractivity contribution in [2.24, 2.45) is 0 Å². The minimum absolute atomic E-state index is 0.0892. The first-order chi connectivity index (χ1) is 8.19. The Morgan fingerprint density at radius 1 is 1.47 bits per heavy atom. The highest BCUT2D eigenvalue weighted by Gasteiger charge is 2.07. The summed E-state index contributed by atoms with van der Waals surface area (Å²) in [6.07, 6.45) is 0. The van der Waals surface area contributed by atoms with Gasteiger partial charge in [0, 0.05) is 12.1 Å². The van der Waals surface area contributed by atoms with Gasteiger partial charge in [0.05, 0.1) is 20.3 Å². The molecule has 1 aromatic rings. The Balaban J connectivity index is 2.49. The first kappa shape index (κ1) is 13.3. The zero-order valence-corrected chi connectivity index (χ0v) is 10.0. The summed E-state index contributed by atoms with van der Waals surface area (Å²) in [6, 6.07) is 5.21. The van der Waals surface area contributed by atoms with E-state index in [1.165, 1.54) is 7.11 Å². The van der Waals surface area contributed by atoms with Crippen molar-refractivity contribution in [3.8, 4) is 11.5 Å². The summed E-state index contributed by atoms with van der Waals surface area (Å²) in [6.45, 7) is 2.61. The topological polar surface area (TPSA) is 67.8 Å². The van der Waals surface area contributed by atoms with Crippen LogP contribution in [0.1, 0.15) is 12.5 Å². The first-order valence-electron chi connectivity index (χ1n) is 5.40. The van der Waals surface area contributed by atoms with Gasteiger partial charge in [-0.15, -0.1) is 0 Å². The van der Waals surface area contributed by atoms with E-state index in [1.54, 1.807) is 25.1 Å². The van der Waals surface area contributed by atoms with E-state index in [2.05, 4.69) is 5.32 Å². The third-order valence-electron chi connectivity index (χ3n) is 2.19. The van der Waals surface area contributed by atoms with E-state index in [0.717, 1.165) is 0 Å². The molecule has 0 aliphatic heterocycles. The summed E-state index contributed by atoms with van der Waals surface area (Å²) in [5.41, 5.74) is 0.675. The van der Waals surface area contributed by atoms with Crippen LogP contribution in [0.3, 0.4) is 0 Å². The standard InChI is InChI=1S/C12H17NO4/c1-3-17-11(14)8-13-7-9-5-4-6-10(16-2)12(9)15/h4-6,13,15H,3,7-8H2,1-2H3. The fraction of sp³-hybridized carbons (Fsp3) is 0.417. The van der Waals surface area contributed by atoms with Gasteiger partial charge in [0.1, 0.15) is 0 Å². The number of methoxy groups -OCH3 is 1. The summed E-state index contributed by atoms with van der Waals surface area (Å²) in [5.74, 6) is 0.196. The van der Waals surface area contributed by atoms with Crippen LogP contribution in [-0.2, 0) is 16.1 Å². The Kier molecular flexibility index (Phi) is 5.29. The number of carbonyl (C=O) groups is 1. The average molecular weight is 239 g/mol. The molecule has 0 fully saturated rings. The molecule has 0 heterocycles. The number of hydrogen-bond acceptors (Lipinski definition) is 5. The molecule has 0 saturated heterocycles. The van der Waals surface area contributed by atoms with Gasteiger partial charge < -0.3 is 19.9 Å². The largest absolute Gasteiger partial charge is 0.504 e. The molecule has 0 unspecified atom stereocenters. The van der Waals surface area contributed by atoms with Crippen LogP contribution in [-0.4, -0.2) is 31.3 Å². The molecule has 0 bridgehead atoms. The molecule has 0 spiro atoms. The van der Waals surface area contributed by atoms with Gasteiger partial charge in [-0.05, 0) is 13.0 Å². The van der Waals surface area contributed by atoms with Gasteiger partial charge in [-0.25, -0.2) is 0 Å². The second kappa shape index (κ2) is 6.75. The van der Waals surface area contributed by atoms with Crippen molar-refractivity contribution >= 4 is 5.97 Å². The second-order valence-electron chi connectivity index (χ2n) is 3.38. The number of para-hydroxylation sites is 1. The molecule has 0 aliphatic carbocycles. The quantitative estimate of drug-likeness (QED) is 0.726. The highest BCUT2D eigenvalue weighted by atomic mass is 16.5. The van der Waals surface area contributed by atoms with E-state index in [0.29, 0.717) is 24.5 Å². The summed E-state index contributed by atoms with van der Waals surface area (Å²) >= 11 is 0. The lowest BCUT2D eigenvalue weighted by Crippen LogP contribution is -2.24. The molecule has 0 aromatic heterocycles. The molecule has 0 aliphatic rings. The summed E-state index contributed by atoms with van der Waals surface area (Å²) in [5, 5.41) is 12.7. The third kappa shape index (κ3) is 3.96. The molecule has 1 rings (SSSR count). The maximum atomic E-state index is 11.1. The lowest BCUT2D eigenvalue weighted by Gasteiger charge is -2.09. The first-order valence-corrected chi connectivity index (χ1v) is 5.40. The van der Waals surface area contributed by atoms with E-state index in [4.69, 9.17) is 9.47 Å². The van der Waals surface area contributed by atoms with Crippen LogP contribution in [0.25, 0.3) is 0 Å². The van der Waals surface area contributed by atoms with Crippen molar-refractivity contribution in [2.75, 3.05) is 20.3 Å². The molecule has 5 nitrogen and oxygen atoms in total. The fourth-order valence-corrected chi connectivity index (χ4v) is 1.39. The van der Waals surface area contributed by atoms with Gasteiger partial charge in [0.25, 0.3) is 0 Å². The fourth-order valence-electron chi connectivity index (χ4n) is 1.39. The predicted octanol–water partition coefficient (Wildman–Crippen LogP) is 1.05. The summed E-state index contributed by atoms with van der Waals surface area (Å²) in [4.78, 5) is 11.1. The zero-order chi connectivity index (χ0) is 12.7. The Morgan fingerprint density at radius 3 is 2.88 bits per heavy atom. The molecule has 0 radical (unpaired) electrons. The van der Waals surface area contributed by atoms with E-state index < -0.39 is 0 Å². The number of phenols is 1. The SMILES string of the molecule is CCOC(=O)CNCc1cccc(OC)c1O.